The van der Waals surface area contributed by atoms with Crippen LogP contribution in [0.1, 0.15) is 40.0 Å². The second-order valence-corrected chi connectivity index (χ2v) is 6.99. The Morgan fingerprint density at radius 2 is 1.94 bits per heavy atom. The van der Waals surface area contributed by atoms with Crippen molar-refractivity contribution in [1.29, 1.82) is 0 Å². The number of amides is 1. The van der Waals surface area contributed by atoms with Gasteiger partial charge in [0.15, 0.2) is 0 Å². The number of hydrogen-bond donors (Lipinski definition) is 1. The van der Waals surface area contributed by atoms with Crippen LogP contribution in [0.4, 0.5) is 0 Å². The van der Waals surface area contributed by atoms with E-state index in [-0.39, 0.29) is 22.8 Å². The largest absolute Gasteiger partial charge is 0.393 e. The van der Waals surface area contributed by atoms with Gasteiger partial charge in [-0.3, -0.25) is 4.79 Å². The first-order chi connectivity index (χ1) is 7.71. The number of hydrogen-bond acceptors (Lipinski definition) is 2. The monoisotopic (exact) mass is 239 g/mol. The van der Waals surface area contributed by atoms with Crippen molar-refractivity contribution in [2.75, 3.05) is 14.1 Å². The van der Waals surface area contributed by atoms with Crippen LogP contribution in [0.15, 0.2) is 0 Å². The first kappa shape index (κ1) is 12.9. The summed E-state index contributed by atoms with van der Waals surface area (Å²) in [6.07, 6.45) is 2.32. The summed E-state index contributed by atoms with van der Waals surface area (Å²) in [6.45, 7) is 6.72. The van der Waals surface area contributed by atoms with Crippen molar-refractivity contribution in [3.8, 4) is 0 Å². The topological polar surface area (TPSA) is 40.5 Å². The van der Waals surface area contributed by atoms with Gasteiger partial charge in [-0.15, -0.1) is 0 Å². The highest BCUT2D eigenvalue weighted by atomic mass is 16.3. The lowest BCUT2D eigenvalue weighted by atomic mass is 9.71. The van der Waals surface area contributed by atoms with E-state index < -0.39 is 0 Å². The Morgan fingerprint density at radius 3 is 2.41 bits per heavy atom. The Bertz CT molecular complexity index is 337. The first-order valence-electron chi connectivity index (χ1n) is 6.59. The molecule has 0 heterocycles. The molecule has 2 saturated carbocycles. The first-order valence-corrected chi connectivity index (χ1v) is 6.59. The smallest absolute Gasteiger partial charge is 0.222 e. The van der Waals surface area contributed by atoms with Gasteiger partial charge < -0.3 is 10.0 Å². The number of carbonyl (C=O) groups is 1. The van der Waals surface area contributed by atoms with Crippen LogP contribution >= 0.6 is 0 Å². The molecular weight excluding hydrogens is 214 g/mol. The van der Waals surface area contributed by atoms with Crippen LogP contribution < -0.4 is 0 Å². The standard InChI is InChI=1S/C14H25NO2/c1-13(2)7-6-10(16)14(3)9(12(13)14)8-11(17)15(4)5/h9-10,12,16H,6-8H2,1-5H3/t9-,10+,12?,14-/m0/s1. The minimum absolute atomic E-state index is 0.0204. The molecule has 1 unspecified atom stereocenters. The molecule has 0 saturated heterocycles. The van der Waals surface area contributed by atoms with Crippen molar-refractivity contribution in [3.05, 3.63) is 0 Å². The third-order valence-electron chi connectivity index (χ3n) is 5.28. The minimum atomic E-state index is -0.222. The SMILES string of the molecule is CN(C)C(=O)C[C@H]1C2C(C)(C)CC[C@@H](O)[C@@]21C. The quantitative estimate of drug-likeness (QED) is 0.799. The zero-order chi connectivity index (χ0) is 13.0. The maximum Gasteiger partial charge on any atom is 0.222 e. The Balaban J connectivity index is 2.14. The van der Waals surface area contributed by atoms with Crippen LogP contribution in [0.3, 0.4) is 0 Å². The molecule has 0 spiro atoms. The van der Waals surface area contributed by atoms with Gasteiger partial charge in [0, 0.05) is 25.9 Å². The Kier molecular flexibility index (Phi) is 2.81. The van der Waals surface area contributed by atoms with Gasteiger partial charge in [0.25, 0.3) is 0 Å². The van der Waals surface area contributed by atoms with E-state index in [1.54, 1.807) is 19.0 Å². The number of rotatable bonds is 2. The third-order valence-corrected chi connectivity index (χ3v) is 5.28. The van der Waals surface area contributed by atoms with Crippen LogP contribution in [-0.4, -0.2) is 36.1 Å². The average Bonchev–Trinajstić information content (AvgIpc) is 2.82. The van der Waals surface area contributed by atoms with Gasteiger partial charge in [0.05, 0.1) is 6.10 Å². The van der Waals surface area contributed by atoms with E-state index in [1.807, 2.05) is 0 Å². The second kappa shape index (κ2) is 3.71. The number of nitrogens with zero attached hydrogens (tertiary/aromatic N) is 1. The second-order valence-electron chi connectivity index (χ2n) is 6.99. The van der Waals surface area contributed by atoms with Crippen molar-refractivity contribution < 1.29 is 9.90 Å². The van der Waals surface area contributed by atoms with E-state index in [4.69, 9.17) is 0 Å². The zero-order valence-corrected chi connectivity index (χ0v) is 11.7. The molecule has 98 valence electrons. The van der Waals surface area contributed by atoms with Gasteiger partial charge >= 0.3 is 0 Å². The molecule has 2 aliphatic rings. The molecular formula is C14H25NO2. The van der Waals surface area contributed by atoms with Crippen LogP contribution in [0.2, 0.25) is 0 Å². The van der Waals surface area contributed by atoms with E-state index in [0.29, 0.717) is 18.3 Å². The maximum atomic E-state index is 11.8. The van der Waals surface area contributed by atoms with Crippen molar-refractivity contribution in [2.45, 2.75) is 46.1 Å². The van der Waals surface area contributed by atoms with E-state index in [2.05, 4.69) is 20.8 Å². The molecule has 17 heavy (non-hydrogen) atoms. The predicted molar refractivity (Wildman–Crippen MR) is 67.4 cm³/mol. The van der Waals surface area contributed by atoms with Crippen molar-refractivity contribution in [3.63, 3.8) is 0 Å². The summed E-state index contributed by atoms with van der Waals surface area (Å²) in [4.78, 5) is 13.5. The van der Waals surface area contributed by atoms with Crippen molar-refractivity contribution in [1.82, 2.24) is 4.90 Å². The van der Waals surface area contributed by atoms with E-state index in [9.17, 15) is 9.90 Å². The lowest BCUT2D eigenvalue weighted by Gasteiger charge is -2.36. The number of aliphatic hydroxyl groups is 1. The molecule has 2 fully saturated rings. The van der Waals surface area contributed by atoms with Crippen molar-refractivity contribution in [2.24, 2.45) is 22.7 Å². The Hall–Kier alpha value is -0.570. The lowest BCUT2D eigenvalue weighted by Crippen LogP contribution is -2.33. The van der Waals surface area contributed by atoms with Gasteiger partial charge in [-0.25, -0.2) is 0 Å². The number of aliphatic hydroxyl groups excluding tert-OH is 1. The summed E-state index contributed by atoms with van der Waals surface area (Å²) in [7, 11) is 3.61. The normalized spacial score (nSPS) is 42.8. The number of fused-ring (bicyclic) bond motifs is 1. The fourth-order valence-electron chi connectivity index (χ4n) is 4.15. The average molecular weight is 239 g/mol. The molecule has 0 aromatic rings. The molecule has 3 nitrogen and oxygen atoms in total. The molecule has 0 bridgehead atoms. The fraction of sp³-hybridized carbons (Fsp3) is 0.929. The molecule has 1 amide bonds. The molecule has 2 aliphatic carbocycles. The third kappa shape index (κ3) is 1.79. The molecule has 0 radical (unpaired) electrons. The molecule has 2 rings (SSSR count). The van der Waals surface area contributed by atoms with Crippen LogP contribution in [-0.2, 0) is 4.79 Å². The Labute approximate surface area is 104 Å². The summed E-state index contributed by atoms with van der Waals surface area (Å²) >= 11 is 0. The summed E-state index contributed by atoms with van der Waals surface area (Å²) in [5.41, 5.74) is 0.249. The Morgan fingerprint density at radius 1 is 1.35 bits per heavy atom. The van der Waals surface area contributed by atoms with Crippen LogP contribution in [0.25, 0.3) is 0 Å². The van der Waals surface area contributed by atoms with Crippen LogP contribution in [0.5, 0.6) is 0 Å². The van der Waals surface area contributed by atoms with E-state index in [0.717, 1.165) is 12.8 Å². The summed E-state index contributed by atoms with van der Waals surface area (Å²) < 4.78 is 0. The summed E-state index contributed by atoms with van der Waals surface area (Å²) in [5, 5.41) is 10.2. The van der Waals surface area contributed by atoms with Gasteiger partial charge in [0.1, 0.15) is 0 Å². The molecule has 1 N–H and O–H groups in total. The predicted octanol–water partition coefficient (Wildman–Crippen LogP) is 1.90. The highest BCUT2D eigenvalue weighted by molar-refractivity contribution is 5.76. The molecule has 0 aromatic carbocycles. The van der Waals surface area contributed by atoms with Gasteiger partial charge in [-0.2, -0.15) is 0 Å². The number of carbonyl (C=O) groups excluding carboxylic acids is 1. The summed E-state index contributed by atoms with van der Waals surface area (Å²) in [5.74, 6) is 1.06. The van der Waals surface area contributed by atoms with E-state index >= 15 is 0 Å². The van der Waals surface area contributed by atoms with Crippen LogP contribution in [0, 0.1) is 22.7 Å². The summed E-state index contributed by atoms with van der Waals surface area (Å²) in [6, 6.07) is 0. The molecule has 4 atom stereocenters. The molecule has 0 aliphatic heterocycles. The van der Waals surface area contributed by atoms with E-state index in [1.165, 1.54) is 0 Å². The lowest BCUT2D eigenvalue weighted by molar-refractivity contribution is -0.129. The minimum Gasteiger partial charge on any atom is -0.393 e. The highest BCUT2D eigenvalue weighted by Gasteiger charge is 2.71. The molecule has 0 aromatic heterocycles. The maximum absolute atomic E-state index is 11.8. The fourth-order valence-corrected chi connectivity index (χ4v) is 4.15. The van der Waals surface area contributed by atoms with Gasteiger partial charge in [0.2, 0.25) is 5.91 Å². The molecule has 3 heteroatoms. The van der Waals surface area contributed by atoms with Gasteiger partial charge in [-0.05, 0) is 30.1 Å². The highest BCUT2D eigenvalue weighted by Crippen LogP contribution is 2.72. The van der Waals surface area contributed by atoms with Crippen molar-refractivity contribution >= 4 is 5.91 Å². The zero-order valence-electron chi connectivity index (χ0n) is 11.7. The van der Waals surface area contributed by atoms with Gasteiger partial charge in [-0.1, -0.05) is 20.8 Å².